The van der Waals surface area contributed by atoms with Gasteiger partial charge in [-0.2, -0.15) is 0 Å². The summed E-state index contributed by atoms with van der Waals surface area (Å²) in [6.45, 7) is 2.69. The second-order valence-electron chi connectivity index (χ2n) is 9.48. The molecule has 2 atom stereocenters. The number of nitrogens with zero attached hydrogens (tertiary/aromatic N) is 1. The Balaban J connectivity index is 1.49. The number of carbonyl (C=O) groups excluding carboxylic acids is 2. The minimum atomic E-state index is -1.61. The van der Waals surface area contributed by atoms with E-state index >= 15 is 0 Å². The standard InChI is InChI=1S/C29H25NO5/c1-2-3-16-35-18-14-12-17(13-15-18)30-26(31)24-23-19-8-4-6-10-21(19)29(28(33)34,25(24)27(30)32)22-11-7-5-9-20(22)23/h4-15,23-25H,2-3,16H2,1H3,(H,33,34)/t23?,24-,25+,29?/m0/s1. The molecule has 3 aliphatic carbocycles. The predicted molar refractivity (Wildman–Crippen MR) is 129 cm³/mol. The van der Waals surface area contributed by atoms with Gasteiger partial charge in [0, 0.05) is 5.92 Å². The molecule has 0 radical (unpaired) electrons. The van der Waals surface area contributed by atoms with Gasteiger partial charge in [0.15, 0.2) is 0 Å². The molecule has 4 aliphatic rings. The summed E-state index contributed by atoms with van der Waals surface area (Å²) in [5, 5.41) is 10.8. The van der Waals surface area contributed by atoms with Crippen LogP contribution in [-0.2, 0) is 19.8 Å². The van der Waals surface area contributed by atoms with Crippen LogP contribution >= 0.6 is 0 Å². The molecule has 176 valence electrons. The summed E-state index contributed by atoms with van der Waals surface area (Å²) < 4.78 is 5.72. The molecule has 1 fully saturated rings. The smallest absolute Gasteiger partial charge is 0.319 e. The summed E-state index contributed by atoms with van der Waals surface area (Å²) in [5.41, 5.74) is 1.68. The van der Waals surface area contributed by atoms with Crippen molar-refractivity contribution in [3.05, 3.63) is 95.1 Å². The Bertz CT molecular complexity index is 1310. The first-order valence-corrected chi connectivity index (χ1v) is 12.0. The lowest BCUT2D eigenvalue weighted by Crippen LogP contribution is -2.57. The number of amides is 2. The van der Waals surface area contributed by atoms with Crippen LogP contribution in [-0.4, -0.2) is 29.5 Å². The minimum absolute atomic E-state index is 0.348. The van der Waals surface area contributed by atoms with E-state index in [4.69, 9.17) is 4.74 Å². The van der Waals surface area contributed by atoms with Crippen molar-refractivity contribution in [2.45, 2.75) is 31.1 Å². The van der Waals surface area contributed by atoms with Crippen molar-refractivity contribution < 1.29 is 24.2 Å². The number of unbranched alkanes of at least 4 members (excludes halogenated alkanes) is 1. The third-order valence-corrected chi connectivity index (χ3v) is 7.82. The third-order valence-electron chi connectivity index (χ3n) is 7.82. The molecule has 1 aliphatic heterocycles. The van der Waals surface area contributed by atoms with Gasteiger partial charge in [-0.3, -0.25) is 14.4 Å². The maximum Gasteiger partial charge on any atom is 0.319 e. The third kappa shape index (κ3) is 2.74. The van der Waals surface area contributed by atoms with Crippen LogP contribution < -0.4 is 9.64 Å². The second-order valence-corrected chi connectivity index (χ2v) is 9.48. The number of benzene rings is 3. The van der Waals surface area contributed by atoms with Crippen molar-refractivity contribution in [3.63, 3.8) is 0 Å². The molecule has 2 bridgehead atoms. The van der Waals surface area contributed by atoms with E-state index in [0.29, 0.717) is 29.2 Å². The quantitative estimate of drug-likeness (QED) is 0.426. The number of imide groups is 1. The molecule has 1 N–H and O–H groups in total. The van der Waals surface area contributed by atoms with Gasteiger partial charge in [0.25, 0.3) is 0 Å². The number of rotatable bonds is 6. The Morgan fingerprint density at radius 2 is 1.51 bits per heavy atom. The Labute approximate surface area is 203 Å². The number of hydrogen-bond donors (Lipinski definition) is 1. The highest BCUT2D eigenvalue weighted by Crippen LogP contribution is 2.64. The van der Waals surface area contributed by atoms with Crippen LogP contribution in [0, 0.1) is 11.8 Å². The van der Waals surface area contributed by atoms with Crippen LogP contribution in [0.5, 0.6) is 5.75 Å². The van der Waals surface area contributed by atoms with E-state index in [1.54, 1.807) is 48.5 Å². The van der Waals surface area contributed by atoms with E-state index in [2.05, 4.69) is 6.92 Å². The molecule has 6 nitrogen and oxygen atoms in total. The highest BCUT2D eigenvalue weighted by atomic mass is 16.5. The number of carbonyl (C=O) groups is 3. The molecular formula is C29H25NO5. The lowest BCUT2D eigenvalue weighted by molar-refractivity contribution is -0.149. The molecule has 0 unspecified atom stereocenters. The van der Waals surface area contributed by atoms with E-state index in [0.717, 1.165) is 24.0 Å². The number of anilines is 1. The molecule has 35 heavy (non-hydrogen) atoms. The fourth-order valence-electron chi connectivity index (χ4n) is 6.42. The Kier molecular flexibility index (Phi) is 4.81. The van der Waals surface area contributed by atoms with Crippen molar-refractivity contribution in [1.29, 1.82) is 0 Å². The molecule has 0 aromatic heterocycles. The molecule has 1 heterocycles. The molecule has 7 rings (SSSR count). The molecule has 2 amide bonds. The van der Waals surface area contributed by atoms with Crippen LogP contribution in [0.3, 0.4) is 0 Å². The molecule has 0 spiro atoms. The molecule has 0 saturated carbocycles. The van der Waals surface area contributed by atoms with E-state index in [1.165, 1.54) is 4.90 Å². The van der Waals surface area contributed by atoms with Crippen LogP contribution in [0.25, 0.3) is 0 Å². The van der Waals surface area contributed by atoms with Gasteiger partial charge < -0.3 is 9.84 Å². The number of ether oxygens (including phenoxy) is 1. The molecule has 6 heteroatoms. The summed E-state index contributed by atoms with van der Waals surface area (Å²) in [6, 6.07) is 21.6. The summed E-state index contributed by atoms with van der Waals surface area (Å²) >= 11 is 0. The normalized spacial score (nSPS) is 25.7. The number of hydrogen-bond acceptors (Lipinski definition) is 4. The predicted octanol–water partition coefficient (Wildman–Crippen LogP) is 4.50. The molecular weight excluding hydrogens is 442 g/mol. The second kappa shape index (κ2) is 7.80. The summed E-state index contributed by atoms with van der Waals surface area (Å²) in [5.74, 6) is -3.40. The largest absolute Gasteiger partial charge is 0.494 e. The average Bonchev–Trinajstić information content (AvgIpc) is 3.15. The molecule has 1 saturated heterocycles. The highest BCUT2D eigenvalue weighted by Gasteiger charge is 2.71. The van der Waals surface area contributed by atoms with Gasteiger partial charge >= 0.3 is 5.97 Å². The number of carboxylic acid groups (broad SMARTS) is 1. The van der Waals surface area contributed by atoms with Crippen molar-refractivity contribution >= 4 is 23.5 Å². The highest BCUT2D eigenvalue weighted by molar-refractivity contribution is 6.25. The Hall–Kier alpha value is -3.93. The Morgan fingerprint density at radius 3 is 2.09 bits per heavy atom. The van der Waals surface area contributed by atoms with Gasteiger partial charge in [-0.05, 0) is 52.9 Å². The van der Waals surface area contributed by atoms with Gasteiger partial charge in [-0.15, -0.1) is 0 Å². The number of aliphatic carboxylic acids is 1. The van der Waals surface area contributed by atoms with Crippen LogP contribution in [0.15, 0.2) is 72.8 Å². The summed E-state index contributed by atoms with van der Waals surface area (Å²) in [4.78, 5) is 42.2. The van der Waals surface area contributed by atoms with Gasteiger partial charge in [0.05, 0.1) is 24.1 Å². The van der Waals surface area contributed by atoms with Crippen molar-refractivity contribution in [2.75, 3.05) is 11.5 Å². The van der Waals surface area contributed by atoms with Crippen molar-refractivity contribution in [2.24, 2.45) is 11.8 Å². The monoisotopic (exact) mass is 467 g/mol. The molecule has 3 aromatic rings. The van der Waals surface area contributed by atoms with Crippen LogP contribution in [0.4, 0.5) is 5.69 Å². The van der Waals surface area contributed by atoms with Gasteiger partial charge in [0.2, 0.25) is 11.8 Å². The van der Waals surface area contributed by atoms with Gasteiger partial charge in [0.1, 0.15) is 11.2 Å². The topological polar surface area (TPSA) is 83.9 Å². The first-order chi connectivity index (χ1) is 17.0. The van der Waals surface area contributed by atoms with E-state index < -0.39 is 29.1 Å². The molecule has 3 aromatic carbocycles. The SMILES string of the molecule is CCCCOc1ccc(N2C(=O)[C@H]3C4c5ccccc5C(C(=O)O)(c5ccccc54)[C@H]3C2=O)cc1. The Morgan fingerprint density at radius 1 is 0.914 bits per heavy atom. The zero-order valence-corrected chi connectivity index (χ0v) is 19.3. The number of carboxylic acids is 1. The lowest BCUT2D eigenvalue weighted by atomic mass is 9.47. The minimum Gasteiger partial charge on any atom is -0.494 e. The van der Waals surface area contributed by atoms with Crippen molar-refractivity contribution in [3.8, 4) is 5.75 Å². The van der Waals surface area contributed by atoms with Crippen LogP contribution in [0.1, 0.15) is 47.9 Å². The maximum atomic E-state index is 14.0. The first kappa shape index (κ1) is 21.6. The summed E-state index contributed by atoms with van der Waals surface area (Å²) in [7, 11) is 0. The fourth-order valence-corrected chi connectivity index (χ4v) is 6.42. The first-order valence-electron chi connectivity index (χ1n) is 12.0. The maximum absolute atomic E-state index is 14.0. The average molecular weight is 468 g/mol. The van der Waals surface area contributed by atoms with Crippen LogP contribution in [0.2, 0.25) is 0 Å². The summed E-state index contributed by atoms with van der Waals surface area (Å²) in [6.07, 6.45) is 1.96. The zero-order chi connectivity index (χ0) is 24.3. The van der Waals surface area contributed by atoms with E-state index in [1.807, 2.05) is 24.3 Å². The van der Waals surface area contributed by atoms with Gasteiger partial charge in [-0.25, -0.2) is 4.90 Å². The van der Waals surface area contributed by atoms with E-state index in [-0.39, 0.29) is 11.8 Å². The van der Waals surface area contributed by atoms with E-state index in [9.17, 15) is 19.5 Å². The zero-order valence-electron chi connectivity index (χ0n) is 19.3. The van der Waals surface area contributed by atoms with Crippen molar-refractivity contribution in [1.82, 2.24) is 0 Å². The lowest BCUT2D eigenvalue weighted by Gasteiger charge is -2.51. The fraction of sp³-hybridized carbons (Fsp3) is 0.276. The van der Waals surface area contributed by atoms with Gasteiger partial charge in [-0.1, -0.05) is 61.9 Å².